The fourth-order valence-electron chi connectivity index (χ4n) is 2.64. The van der Waals surface area contributed by atoms with Gasteiger partial charge in [0.1, 0.15) is 17.8 Å². The van der Waals surface area contributed by atoms with Crippen LogP contribution in [0.4, 0.5) is 0 Å². The number of carbonyl (C=O) groups is 1. The molecule has 2 aromatic carbocycles. The Balaban J connectivity index is 1.60. The molecule has 3 aromatic rings. The molecule has 5 nitrogen and oxygen atoms in total. The molecule has 0 radical (unpaired) electrons. The summed E-state index contributed by atoms with van der Waals surface area (Å²) < 4.78 is 15.7. The number of hydrogen-bond donors (Lipinski definition) is 0. The maximum Gasteiger partial charge on any atom is 0.346 e. The fourth-order valence-corrected chi connectivity index (χ4v) is 2.64. The lowest BCUT2D eigenvalue weighted by molar-refractivity contribution is 0.0732. The molecule has 0 bridgehead atoms. The Kier molecular flexibility index (Phi) is 6.63. The van der Waals surface area contributed by atoms with E-state index < -0.39 is 11.6 Å². The number of rotatable bonds is 8. The Morgan fingerprint density at radius 2 is 1.50 bits per heavy atom. The number of benzene rings is 2. The molecule has 0 saturated heterocycles. The van der Waals surface area contributed by atoms with Crippen LogP contribution in [0.2, 0.25) is 0 Å². The van der Waals surface area contributed by atoms with Crippen LogP contribution in [0, 0.1) is 0 Å². The fraction of sp³-hybridized carbons (Fsp3) is 0.217. The van der Waals surface area contributed by atoms with E-state index in [1.807, 2.05) is 36.4 Å². The minimum Gasteiger partial charge on any atom is -0.494 e. The van der Waals surface area contributed by atoms with Crippen molar-refractivity contribution in [1.82, 2.24) is 0 Å². The first kappa shape index (κ1) is 19.4. The second kappa shape index (κ2) is 9.55. The number of esters is 1. The zero-order chi connectivity index (χ0) is 19.8. The van der Waals surface area contributed by atoms with Gasteiger partial charge in [-0.2, -0.15) is 0 Å². The van der Waals surface area contributed by atoms with Crippen LogP contribution >= 0.6 is 0 Å². The topological polar surface area (TPSA) is 65.7 Å². The summed E-state index contributed by atoms with van der Waals surface area (Å²) in [5, 5.41) is 0. The molecule has 0 unspecified atom stereocenters. The van der Waals surface area contributed by atoms with Crippen LogP contribution < -0.4 is 15.1 Å². The van der Waals surface area contributed by atoms with Crippen molar-refractivity contribution in [3.05, 3.63) is 82.9 Å². The lowest BCUT2D eigenvalue weighted by Crippen LogP contribution is -2.09. The Bertz CT molecular complexity index is 935. The quantitative estimate of drug-likeness (QED) is 0.310. The van der Waals surface area contributed by atoms with E-state index in [0.29, 0.717) is 5.75 Å². The van der Waals surface area contributed by atoms with Crippen LogP contribution in [0.25, 0.3) is 11.1 Å². The monoisotopic (exact) mass is 378 g/mol. The highest BCUT2D eigenvalue weighted by Gasteiger charge is 2.10. The van der Waals surface area contributed by atoms with Crippen LogP contribution in [-0.2, 0) is 0 Å². The lowest BCUT2D eigenvalue weighted by atomic mass is 10.1. The smallest absolute Gasteiger partial charge is 0.346 e. The van der Waals surface area contributed by atoms with E-state index in [4.69, 9.17) is 9.47 Å². The van der Waals surface area contributed by atoms with Gasteiger partial charge in [-0.25, -0.2) is 9.59 Å². The standard InChI is InChI=1S/C23H22O5/c1-2-3-4-15-26-20-10-5-17(6-11-20)18-7-12-21(13-8-18)28-23(25)19-9-14-22(24)27-16-19/h5-14,16H,2-4,15H2,1H3. The third-order valence-electron chi connectivity index (χ3n) is 4.21. The zero-order valence-electron chi connectivity index (χ0n) is 15.7. The highest BCUT2D eigenvalue weighted by molar-refractivity contribution is 5.90. The van der Waals surface area contributed by atoms with Crippen LogP contribution in [0.3, 0.4) is 0 Å². The van der Waals surface area contributed by atoms with E-state index >= 15 is 0 Å². The normalized spacial score (nSPS) is 10.5. The molecular weight excluding hydrogens is 356 g/mol. The second-order valence-corrected chi connectivity index (χ2v) is 6.34. The Morgan fingerprint density at radius 3 is 2.07 bits per heavy atom. The first-order chi connectivity index (χ1) is 13.7. The summed E-state index contributed by atoms with van der Waals surface area (Å²) in [6.45, 7) is 2.90. The Hall–Kier alpha value is -3.34. The minimum absolute atomic E-state index is 0.179. The molecule has 0 saturated carbocycles. The SMILES string of the molecule is CCCCCOc1ccc(-c2ccc(OC(=O)c3ccc(=O)oc3)cc2)cc1. The van der Waals surface area contributed by atoms with Gasteiger partial charge in [0.15, 0.2) is 0 Å². The van der Waals surface area contributed by atoms with Gasteiger partial charge in [0.25, 0.3) is 0 Å². The third kappa shape index (κ3) is 5.33. The maximum atomic E-state index is 12.0. The molecule has 0 amide bonds. The summed E-state index contributed by atoms with van der Waals surface area (Å²) in [7, 11) is 0. The van der Waals surface area contributed by atoms with E-state index in [1.165, 1.54) is 25.0 Å². The second-order valence-electron chi connectivity index (χ2n) is 6.34. The maximum absolute atomic E-state index is 12.0. The molecule has 0 fully saturated rings. The van der Waals surface area contributed by atoms with Crippen molar-refractivity contribution in [2.75, 3.05) is 6.61 Å². The molecule has 0 N–H and O–H groups in total. The van der Waals surface area contributed by atoms with Crippen molar-refractivity contribution in [2.24, 2.45) is 0 Å². The largest absolute Gasteiger partial charge is 0.494 e. The number of hydrogen-bond acceptors (Lipinski definition) is 5. The summed E-state index contributed by atoms with van der Waals surface area (Å²) in [6.07, 6.45) is 4.50. The number of unbranched alkanes of at least 4 members (excludes halogenated alkanes) is 2. The van der Waals surface area contributed by atoms with Gasteiger partial charge in [0.2, 0.25) is 0 Å². The van der Waals surface area contributed by atoms with Crippen molar-refractivity contribution in [2.45, 2.75) is 26.2 Å². The van der Waals surface area contributed by atoms with Gasteiger partial charge < -0.3 is 13.9 Å². The van der Waals surface area contributed by atoms with Gasteiger partial charge in [0.05, 0.1) is 12.2 Å². The van der Waals surface area contributed by atoms with Gasteiger partial charge in [-0.05, 0) is 47.9 Å². The van der Waals surface area contributed by atoms with Gasteiger partial charge >= 0.3 is 11.6 Å². The predicted octanol–water partition coefficient (Wildman–Crippen LogP) is 5.10. The molecule has 1 heterocycles. The molecule has 5 heteroatoms. The molecule has 0 aliphatic carbocycles. The average Bonchev–Trinajstić information content (AvgIpc) is 2.73. The van der Waals surface area contributed by atoms with Crippen LogP contribution in [-0.4, -0.2) is 12.6 Å². The highest BCUT2D eigenvalue weighted by atomic mass is 16.5. The van der Waals surface area contributed by atoms with Crippen LogP contribution in [0.5, 0.6) is 11.5 Å². The summed E-state index contributed by atoms with van der Waals surface area (Å²) in [5.74, 6) is 0.691. The van der Waals surface area contributed by atoms with Gasteiger partial charge in [-0.1, -0.05) is 44.0 Å². The number of ether oxygens (including phenoxy) is 2. The molecule has 1 aromatic heterocycles. The first-order valence-electron chi connectivity index (χ1n) is 9.30. The molecular formula is C23H22O5. The first-order valence-corrected chi connectivity index (χ1v) is 9.30. The summed E-state index contributed by atoms with van der Waals surface area (Å²) in [6, 6.07) is 17.7. The minimum atomic E-state index is -0.582. The van der Waals surface area contributed by atoms with Crippen molar-refractivity contribution >= 4 is 5.97 Å². The van der Waals surface area contributed by atoms with Gasteiger partial charge in [-0.15, -0.1) is 0 Å². The molecule has 3 rings (SSSR count). The summed E-state index contributed by atoms with van der Waals surface area (Å²) in [4.78, 5) is 23.0. The Labute approximate surface area is 163 Å². The highest BCUT2D eigenvalue weighted by Crippen LogP contribution is 2.25. The third-order valence-corrected chi connectivity index (χ3v) is 4.21. The van der Waals surface area contributed by atoms with Crippen molar-refractivity contribution in [3.63, 3.8) is 0 Å². The van der Waals surface area contributed by atoms with E-state index in [2.05, 4.69) is 11.3 Å². The Morgan fingerprint density at radius 1 is 0.857 bits per heavy atom. The molecule has 0 aliphatic rings. The van der Waals surface area contributed by atoms with E-state index in [0.717, 1.165) is 36.2 Å². The van der Waals surface area contributed by atoms with Crippen LogP contribution in [0.15, 0.2) is 76.1 Å². The molecule has 0 spiro atoms. The zero-order valence-corrected chi connectivity index (χ0v) is 15.7. The van der Waals surface area contributed by atoms with E-state index in [-0.39, 0.29) is 5.56 Å². The van der Waals surface area contributed by atoms with Gasteiger partial charge in [0, 0.05) is 6.07 Å². The molecule has 0 atom stereocenters. The predicted molar refractivity (Wildman–Crippen MR) is 107 cm³/mol. The van der Waals surface area contributed by atoms with E-state index in [1.54, 1.807) is 12.1 Å². The molecule has 0 aliphatic heterocycles. The van der Waals surface area contributed by atoms with E-state index in [9.17, 15) is 9.59 Å². The van der Waals surface area contributed by atoms with Crippen molar-refractivity contribution in [1.29, 1.82) is 0 Å². The van der Waals surface area contributed by atoms with Gasteiger partial charge in [-0.3, -0.25) is 0 Å². The summed E-state index contributed by atoms with van der Waals surface area (Å²) >= 11 is 0. The molecule has 144 valence electrons. The van der Waals surface area contributed by atoms with Crippen molar-refractivity contribution in [3.8, 4) is 22.6 Å². The molecule has 28 heavy (non-hydrogen) atoms. The van der Waals surface area contributed by atoms with Crippen LogP contribution in [0.1, 0.15) is 36.5 Å². The summed E-state index contributed by atoms with van der Waals surface area (Å²) in [5.41, 5.74) is 1.71. The van der Waals surface area contributed by atoms with Crippen molar-refractivity contribution < 1.29 is 18.7 Å². The lowest BCUT2D eigenvalue weighted by Gasteiger charge is -2.08. The number of carbonyl (C=O) groups excluding carboxylic acids is 1. The average molecular weight is 378 g/mol.